The van der Waals surface area contributed by atoms with Crippen molar-refractivity contribution in [2.24, 2.45) is 5.73 Å². The lowest BCUT2D eigenvalue weighted by molar-refractivity contribution is 0.0996. The van der Waals surface area contributed by atoms with Crippen molar-refractivity contribution in [1.82, 2.24) is 15.4 Å². The normalized spacial score (nSPS) is 10.3. The van der Waals surface area contributed by atoms with Gasteiger partial charge in [-0.15, -0.1) is 0 Å². The first-order valence-electron chi connectivity index (χ1n) is 5.88. The fraction of sp³-hybridized carbons (Fsp3) is 0.182. The number of aromatic nitrogens is 3. The number of nitrogens with two attached hydrogens (primary N) is 1. The highest BCUT2D eigenvalue weighted by atomic mass is 16.5. The molecule has 2 rings (SSSR count). The van der Waals surface area contributed by atoms with Crippen LogP contribution in [0.25, 0.3) is 11.3 Å². The van der Waals surface area contributed by atoms with E-state index >= 15 is 0 Å². The Bertz CT molecular complexity index is 629. The summed E-state index contributed by atoms with van der Waals surface area (Å²) < 4.78 is 5.29. The quantitative estimate of drug-likeness (QED) is 0.499. The van der Waals surface area contributed by atoms with Crippen molar-refractivity contribution in [1.29, 1.82) is 0 Å². The number of hydrogen-bond donors (Lipinski definition) is 4. The molecule has 1 aromatic carbocycles. The molecule has 104 valence electrons. The molecule has 0 saturated carbocycles. The Hall–Kier alpha value is -2.39. The number of nitrogens with one attached hydrogen (secondary N) is 1. The van der Waals surface area contributed by atoms with Crippen LogP contribution in [-0.4, -0.2) is 45.1 Å². The number of carbonyl (C=O) groups is 1. The maximum Gasteiger partial charge on any atom is 0.492 e. The first-order chi connectivity index (χ1) is 9.54. The minimum Gasteiger partial charge on any atom is -0.494 e. The van der Waals surface area contributed by atoms with Crippen LogP contribution in [0.15, 0.2) is 18.2 Å². The minimum atomic E-state index is -1.71. The van der Waals surface area contributed by atoms with E-state index in [0.717, 1.165) is 0 Å². The number of hydrogen-bond acceptors (Lipinski definition) is 6. The van der Waals surface area contributed by atoms with Gasteiger partial charge in [0.1, 0.15) is 11.4 Å². The van der Waals surface area contributed by atoms with Crippen LogP contribution in [0.3, 0.4) is 0 Å². The number of benzene rings is 1. The molecule has 1 heterocycles. The molecule has 0 radical (unpaired) electrons. The van der Waals surface area contributed by atoms with Crippen molar-refractivity contribution < 1.29 is 19.6 Å². The lowest BCUT2D eigenvalue weighted by atomic mass is 9.78. The fourth-order valence-corrected chi connectivity index (χ4v) is 1.79. The van der Waals surface area contributed by atoms with Crippen LogP contribution in [0.2, 0.25) is 0 Å². The Kier molecular flexibility index (Phi) is 4.01. The number of primary amides is 1. The van der Waals surface area contributed by atoms with Gasteiger partial charge in [-0.1, -0.05) is 0 Å². The summed E-state index contributed by atoms with van der Waals surface area (Å²) in [6.07, 6.45) is 0. The van der Waals surface area contributed by atoms with Crippen LogP contribution in [0.4, 0.5) is 0 Å². The largest absolute Gasteiger partial charge is 0.494 e. The van der Waals surface area contributed by atoms with E-state index in [2.05, 4.69) is 15.4 Å². The molecule has 2 aromatic rings. The zero-order chi connectivity index (χ0) is 14.7. The van der Waals surface area contributed by atoms with E-state index in [1.807, 2.05) is 0 Å². The van der Waals surface area contributed by atoms with Crippen LogP contribution in [0.1, 0.15) is 17.4 Å². The van der Waals surface area contributed by atoms with Crippen molar-refractivity contribution >= 4 is 18.5 Å². The highest BCUT2D eigenvalue weighted by Crippen LogP contribution is 2.21. The van der Waals surface area contributed by atoms with E-state index in [0.29, 0.717) is 17.9 Å². The number of rotatable bonds is 5. The third kappa shape index (κ3) is 2.63. The monoisotopic (exact) mass is 276 g/mol. The van der Waals surface area contributed by atoms with Crippen LogP contribution in [0, 0.1) is 0 Å². The van der Waals surface area contributed by atoms with Crippen molar-refractivity contribution in [2.75, 3.05) is 6.61 Å². The van der Waals surface area contributed by atoms with Crippen LogP contribution >= 0.6 is 0 Å². The molecule has 0 saturated heterocycles. The van der Waals surface area contributed by atoms with Crippen LogP contribution in [0.5, 0.6) is 5.75 Å². The molecule has 0 atom stereocenters. The van der Waals surface area contributed by atoms with Gasteiger partial charge in [0, 0.05) is 11.0 Å². The van der Waals surface area contributed by atoms with E-state index in [-0.39, 0.29) is 16.9 Å². The van der Waals surface area contributed by atoms with Crippen LogP contribution < -0.4 is 15.9 Å². The van der Waals surface area contributed by atoms with Gasteiger partial charge >= 0.3 is 7.12 Å². The Morgan fingerprint density at radius 3 is 2.80 bits per heavy atom. The second-order valence-corrected chi connectivity index (χ2v) is 3.94. The predicted molar refractivity (Wildman–Crippen MR) is 71.3 cm³/mol. The molecule has 1 amide bonds. The minimum absolute atomic E-state index is 0.0208. The molecule has 0 aliphatic carbocycles. The van der Waals surface area contributed by atoms with Gasteiger partial charge in [0.15, 0.2) is 5.69 Å². The second-order valence-electron chi connectivity index (χ2n) is 3.94. The first kappa shape index (κ1) is 14.0. The smallest absolute Gasteiger partial charge is 0.492 e. The number of carbonyl (C=O) groups excluding carboxylic acids is 1. The molecule has 0 bridgehead atoms. The van der Waals surface area contributed by atoms with Gasteiger partial charge < -0.3 is 20.5 Å². The fourth-order valence-electron chi connectivity index (χ4n) is 1.79. The molecule has 0 fully saturated rings. The first-order valence-corrected chi connectivity index (χ1v) is 5.88. The number of H-pyrrole nitrogens is 1. The van der Waals surface area contributed by atoms with Crippen molar-refractivity contribution in [3.05, 3.63) is 23.9 Å². The SMILES string of the molecule is CCOc1ccc(-c2n[nH]nc2C(N)=O)cc1B(O)O. The number of aromatic amines is 1. The Labute approximate surface area is 114 Å². The molecule has 0 aliphatic rings. The van der Waals surface area contributed by atoms with Gasteiger partial charge in [-0.25, -0.2) is 0 Å². The molecule has 5 N–H and O–H groups in total. The molecule has 8 nitrogen and oxygen atoms in total. The molecule has 0 unspecified atom stereocenters. The van der Waals surface area contributed by atoms with E-state index in [1.165, 1.54) is 6.07 Å². The molecular weight excluding hydrogens is 263 g/mol. The van der Waals surface area contributed by atoms with Crippen molar-refractivity contribution in [3.8, 4) is 17.0 Å². The maximum atomic E-state index is 11.2. The van der Waals surface area contributed by atoms with Gasteiger partial charge in [0.2, 0.25) is 0 Å². The summed E-state index contributed by atoms with van der Waals surface area (Å²) in [5, 5.41) is 28.6. The van der Waals surface area contributed by atoms with Crippen LogP contribution in [-0.2, 0) is 0 Å². The Morgan fingerprint density at radius 1 is 1.45 bits per heavy atom. The van der Waals surface area contributed by atoms with Gasteiger partial charge in [-0.05, 0) is 25.1 Å². The molecule has 0 aliphatic heterocycles. The van der Waals surface area contributed by atoms with Crippen molar-refractivity contribution in [3.63, 3.8) is 0 Å². The van der Waals surface area contributed by atoms with E-state index in [9.17, 15) is 14.8 Å². The number of ether oxygens (including phenoxy) is 1. The van der Waals surface area contributed by atoms with E-state index in [4.69, 9.17) is 10.5 Å². The Balaban J connectivity index is 2.50. The summed E-state index contributed by atoms with van der Waals surface area (Å²) in [6.45, 7) is 2.17. The molecule has 0 spiro atoms. The standard InChI is InChI=1S/C11H13BN4O4/c1-2-20-8-4-3-6(5-7(8)12(18)19)9-10(11(13)17)15-16-14-9/h3-5,18-19H,2H2,1H3,(H2,13,17)(H,14,15,16). The van der Waals surface area contributed by atoms with E-state index in [1.54, 1.807) is 19.1 Å². The summed E-state index contributed by atoms with van der Waals surface area (Å²) >= 11 is 0. The topological polar surface area (TPSA) is 134 Å². The van der Waals surface area contributed by atoms with Gasteiger partial charge in [0.25, 0.3) is 5.91 Å². The average molecular weight is 276 g/mol. The lowest BCUT2D eigenvalue weighted by Crippen LogP contribution is -2.31. The highest BCUT2D eigenvalue weighted by molar-refractivity contribution is 6.59. The Morgan fingerprint density at radius 2 is 2.20 bits per heavy atom. The third-order valence-corrected chi connectivity index (χ3v) is 2.64. The summed E-state index contributed by atoms with van der Waals surface area (Å²) in [5.74, 6) is -0.385. The average Bonchev–Trinajstić information content (AvgIpc) is 2.88. The second kappa shape index (κ2) is 5.72. The van der Waals surface area contributed by atoms with E-state index < -0.39 is 13.0 Å². The van der Waals surface area contributed by atoms with Gasteiger partial charge in [-0.2, -0.15) is 15.4 Å². The summed E-state index contributed by atoms with van der Waals surface area (Å²) in [5.41, 5.74) is 6.05. The zero-order valence-corrected chi connectivity index (χ0v) is 10.7. The summed E-state index contributed by atoms with van der Waals surface area (Å²) in [4.78, 5) is 11.2. The highest BCUT2D eigenvalue weighted by Gasteiger charge is 2.21. The maximum absolute atomic E-state index is 11.2. The number of nitrogens with zero attached hydrogens (tertiary/aromatic N) is 2. The van der Waals surface area contributed by atoms with Crippen molar-refractivity contribution in [2.45, 2.75) is 6.92 Å². The van der Waals surface area contributed by atoms with Gasteiger partial charge in [0.05, 0.1) is 6.61 Å². The van der Waals surface area contributed by atoms with Gasteiger partial charge in [-0.3, -0.25) is 4.79 Å². The molecule has 9 heteroatoms. The molecule has 1 aromatic heterocycles. The predicted octanol–water partition coefficient (Wildman–Crippen LogP) is -1.35. The summed E-state index contributed by atoms with van der Waals surface area (Å²) in [6, 6.07) is 4.65. The number of amides is 1. The molecule has 20 heavy (non-hydrogen) atoms. The summed E-state index contributed by atoms with van der Waals surface area (Å²) in [7, 11) is -1.71. The third-order valence-electron chi connectivity index (χ3n) is 2.64. The molecular formula is C11H13BN4O4. The zero-order valence-electron chi connectivity index (χ0n) is 10.7. The lowest BCUT2D eigenvalue weighted by Gasteiger charge is -2.11.